The first-order chi connectivity index (χ1) is 8.85. The molecule has 2 aliphatic carbocycles. The summed E-state index contributed by atoms with van der Waals surface area (Å²) in [5, 5.41) is 20.5. The predicted octanol–water partition coefficient (Wildman–Crippen LogP) is 1.70. The van der Waals surface area contributed by atoms with Crippen molar-refractivity contribution in [1.29, 1.82) is 0 Å². The normalized spacial score (nSPS) is 34.6. The van der Waals surface area contributed by atoms with Gasteiger partial charge in [0, 0.05) is 18.9 Å². The number of carbonyl (C=O) groups excluding carboxylic acids is 1. The van der Waals surface area contributed by atoms with Gasteiger partial charge in [0.15, 0.2) is 0 Å². The van der Waals surface area contributed by atoms with Gasteiger partial charge >= 0.3 is 0 Å². The van der Waals surface area contributed by atoms with E-state index in [2.05, 4.69) is 26.1 Å². The van der Waals surface area contributed by atoms with Crippen LogP contribution in [-0.2, 0) is 4.79 Å². The molecule has 3 unspecified atom stereocenters. The zero-order valence-corrected chi connectivity index (χ0v) is 12.7. The number of aliphatic hydroxyl groups is 2. The van der Waals surface area contributed by atoms with Crippen LogP contribution in [0.4, 0.5) is 0 Å². The molecule has 0 spiro atoms. The summed E-state index contributed by atoms with van der Waals surface area (Å²) in [5.41, 5.74) is 0.652. The molecule has 0 aromatic heterocycles. The van der Waals surface area contributed by atoms with Gasteiger partial charge in [-0.15, -0.1) is 0 Å². The lowest BCUT2D eigenvalue weighted by Crippen LogP contribution is -2.37. The monoisotopic (exact) mass is 271 g/mol. The molecule has 0 aromatic rings. The summed E-state index contributed by atoms with van der Waals surface area (Å²) < 4.78 is 0. The van der Waals surface area contributed by atoms with Crippen LogP contribution in [0.2, 0.25) is 0 Å². The van der Waals surface area contributed by atoms with Gasteiger partial charge in [-0.2, -0.15) is 0 Å². The molecule has 19 heavy (non-hydrogen) atoms. The lowest BCUT2D eigenvalue weighted by atomic mass is 9.67. The number of amides is 1. The standard InChI is InChI=1S/C11H20O.C4H9NO2/c1-4-11-6-5-8(7-9(11)12)10(11,2)3;1-5-4(7)2-3-6/h8-9,12H,4-7H2,1-3H3;6H,2-3H2,1H3,(H,5,7). The molecule has 2 aliphatic rings. The van der Waals surface area contributed by atoms with Crippen molar-refractivity contribution in [3.63, 3.8) is 0 Å². The molecule has 0 saturated heterocycles. The van der Waals surface area contributed by atoms with Crippen LogP contribution in [0, 0.1) is 16.7 Å². The van der Waals surface area contributed by atoms with Crippen molar-refractivity contribution >= 4 is 5.91 Å². The lowest BCUT2D eigenvalue weighted by molar-refractivity contribution is -0.121. The van der Waals surface area contributed by atoms with Gasteiger partial charge in [0.2, 0.25) is 5.91 Å². The minimum atomic E-state index is -0.123. The van der Waals surface area contributed by atoms with E-state index in [1.807, 2.05) is 0 Å². The van der Waals surface area contributed by atoms with Crippen molar-refractivity contribution in [3.8, 4) is 0 Å². The molecule has 2 bridgehead atoms. The molecule has 112 valence electrons. The highest BCUT2D eigenvalue weighted by atomic mass is 16.3. The fraction of sp³-hybridized carbons (Fsp3) is 0.933. The SMILES string of the molecule is CCC12CCC(CC1O)C2(C)C.CNC(=O)CCO. The maximum atomic E-state index is 10.1. The molecule has 4 heteroatoms. The Morgan fingerprint density at radius 1 is 1.42 bits per heavy atom. The summed E-state index contributed by atoms with van der Waals surface area (Å²) in [4.78, 5) is 10.1. The minimum absolute atomic E-state index is 0.0174. The highest BCUT2D eigenvalue weighted by Crippen LogP contribution is 2.66. The molecule has 0 aliphatic heterocycles. The molecular weight excluding hydrogens is 242 g/mol. The van der Waals surface area contributed by atoms with Gasteiger partial charge in [0.05, 0.1) is 12.7 Å². The van der Waals surface area contributed by atoms with Crippen LogP contribution in [0.5, 0.6) is 0 Å². The minimum Gasteiger partial charge on any atom is -0.396 e. The first kappa shape index (κ1) is 16.4. The van der Waals surface area contributed by atoms with Crippen LogP contribution < -0.4 is 5.32 Å². The number of fused-ring (bicyclic) bond motifs is 2. The second-order valence-corrected chi connectivity index (χ2v) is 6.37. The van der Waals surface area contributed by atoms with Gasteiger partial charge in [-0.1, -0.05) is 20.8 Å². The van der Waals surface area contributed by atoms with Crippen molar-refractivity contribution in [2.24, 2.45) is 16.7 Å². The van der Waals surface area contributed by atoms with E-state index in [4.69, 9.17) is 5.11 Å². The number of aliphatic hydroxyl groups excluding tert-OH is 2. The van der Waals surface area contributed by atoms with Gasteiger partial charge in [0.25, 0.3) is 0 Å². The highest BCUT2D eigenvalue weighted by Gasteiger charge is 2.62. The quantitative estimate of drug-likeness (QED) is 0.731. The van der Waals surface area contributed by atoms with Crippen LogP contribution in [-0.4, -0.2) is 35.9 Å². The number of rotatable bonds is 3. The van der Waals surface area contributed by atoms with Crippen LogP contribution in [0.1, 0.15) is 52.9 Å². The van der Waals surface area contributed by atoms with E-state index in [1.165, 1.54) is 19.9 Å². The zero-order valence-electron chi connectivity index (χ0n) is 12.7. The van der Waals surface area contributed by atoms with Crippen molar-refractivity contribution in [3.05, 3.63) is 0 Å². The maximum Gasteiger partial charge on any atom is 0.222 e. The smallest absolute Gasteiger partial charge is 0.222 e. The zero-order chi connectivity index (χ0) is 14.7. The average molecular weight is 271 g/mol. The molecule has 3 atom stereocenters. The lowest BCUT2D eigenvalue weighted by Gasteiger charge is -2.39. The fourth-order valence-electron chi connectivity index (χ4n) is 4.12. The Hall–Kier alpha value is -0.610. The van der Waals surface area contributed by atoms with E-state index < -0.39 is 0 Å². The Balaban J connectivity index is 0.000000224. The van der Waals surface area contributed by atoms with Crippen molar-refractivity contribution in [2.45, 2.75) is 59.0 Å². The van der Waals surface area contributed by atoms with Gasteiger partial charge < -0.3 is 15.5 Å². The molecule has 0 heterocycles. The summed E-state index contributed by atoms with van der Waals surface area (Å²) in [7, 11) is 1.54. The summed E-state index contributed by atoms with van der Waals surface area (Å²) in [6.45, 7) is 6.87. The largest absolute Gasteiger partial charge is 0.396 e. The van der Waals surface area contributed by atoms with E-state index in [0.29, 0.717) is 5.41 Å². The number of nitrogens with one attached hydrogen (secondary N) is 1. The summed E-state index contributed by atoms with van der Waals surface area (Å²) in [6.07, 6.45) is 4.99. The van der Waals surface area contributed by atoms with Gasteiger partial charge in [-0.3, -0.25) is 4.79 Å². The van der Waals surface area contributed by atoms with Crippen molar-refractivity contribution in [2.75, 3.05) is 13.7 Å². The molecule has 2 saturated carbocycles. The number of hydrogen-bond acceptors (Lipinski definition) is 3. The Morgan fingerprint density at radius 2 is 2.05 bits per heavy atom. The molecule has 2 fully saturated rings. The Kier molecular flexibility index (Phi) is 5.39. The van der Waals surface area contributed by atoms with Gasteiger partial charge in [0.1, 0.15) is 0 Å². The Morgan fingerprint density at radius 3 is 2.26 bits per heavy atom. The molecule has 0 radical (unpaired) electrons. The van der Waals surface area contributed by atoms with E-state index in [9.17, 15) is 9.90 Å². The molecular formula is C15H29NO3. The van der Waals surface area contributed by atoms with E-state index >= 15 is 0 Å². The number of hydrogen-bond donors (Lipinski definition) is 3. The van der Waals surface area contributed by atoms with Gasteiger partial charge in [-0.25, -0.2) is 0 Å². The summed E-state index contributed by atoms with van der Waals surface area (Å²) in [5.74, 6) is 0.662. The summed E-state index contributed by atoms with van der Waals surface area (Å²) >= 11 is 0. The second kappa shape index (κ2) is 6.23. The molecule has 2 rings (SSSR count). The third-order valence-corrected chi connectivity index (χ3v) is 5.64. The van der Waals surface area contributed by atoms with Gasteiger partial charge in [-0.05, 0) is 37.0 Å². The first-order valence-electron chi connectivity index (χ1n) is 7.35. The Labute approximate surface area is 116 Å². The fourth-order valence-corrected chi connectivity index (χ4v) is 4.12. The maximum absolute atomic E-state index is 10.1. The Bertz CT molecular complexity index is 317. The van der Waals surface area contributed by atoms with E-state index in [-0.39, 0.29) is 30.5 Å². The van der Waals surface area contributed by atoms with Crippen molar-refractivity contribution in [1.82, 2.24) is 5.32 Å². The van der Waals surface area contributed by atoms with Crippen LogP contribution in [0.25, 0.3) is 0 Å². The second-order valence-electron chi connectivity index (χ2n) is 6.37. The predicted molar refractivity (Wildman–Crippen MR) is 75.6 cm³/mol. The van der Waals surface area contributed by atoms with E-state index in [0.717, 1.165) is 18.8 Å². The first-order valence-corrected chi connectivity index (χ1v) is 7.35. The topological polar surface area (TPSA) is 69.6 Å². The third kappa shape index (κ3) is 2.79. The molecule has 1 amide bonds. The highest BCUT2D eigenvalue weighted by molar-refractivity contribution is 5.75. The molecule has 3 N–H and O–H groups in total. The number of carbonyl (C=O) groups is 1. The van der Waals surface area contributed by atoms with Crippen LogP contribution in [0.15, 0.2) is 0 Å². The van der Waals surface area contributed by atoms with Crippen molar-refractivity contribution < 1.29 is 15.0 Å². The third-order valence-electron chi connectivity index (χ3n) is 5.64. The molecule has 4 nitrogen and oxygen atoms in total. The van der Waals surface area contributed by atoms with E-state index in [1.54, 1.807) is 0 Å². The van der Waals surface area contributed by atoms with Crippen LogP contribution >= 0.6 is 0 Å². The van der Waals surface area contributed by atoms with Crippen LogP contribution in [0.3, 0.4) is 0 Å². The average Bonchev–Trinajstić information content (AvgIpc) is 2.73. The summed E-state index contributed by atoms with van der Waals surface area (Å²) in [6, 6.07) is 0. The molecule has 0 aromatic carbocycles.